The van der Waals surface area contributed by atoms with Crippen LogP contribution in [0.15, 0.2) is 46.0 Å². The molecule has 0 aromatic heterocycles. The highest BCUT2D eigenvalue weighted by Crippen LogP contribution is 2.37. The Balaban J connectivity index is 2.18. The molecule has 2 aromatic carbocycles. The molecule has 9 nitrogen and oxygen atoms in total. The fourth-order valence-corrected chi connectivity index (χ4v) is 2.68. The van der Waals surface area contributed by atoms with Gasteiger partial charge in [-0.3, -0.25) is 10.1 Å². The van der Waals surface area contributed by atoms with Gasteiger partial charge in [0, 0.05) is 12.1 Å². The number of carbonyl (C=O) groups is 1. The van der Waals surface area contributed by atoms with E-state index in [1.165, 1.54) is 18.3 Å². The molecule has 0 radical (unpaired) electrons. The van der Waals surface area contributed by atoms with Crippen LogP contribution in [-0.2, 0) is 6.61 Å². The zero-order valence-electron chi connectivity index (χ0n) is 14.3. The summed E-state index contributed by atoms with van der Waals surface area (Å²) < 4.78 is 12.1. The molecule has 0 saturated heterocycles. The number of amides is 2. The van der Waals surface area contributed by atoms with E-state index < -0.39 is 11.0 Å². The lowest BCUT2D eigenvalue weighted by atomic mass is 10.2. The predicted molar refractivity (Wildman–Crippen MR) is 103 cm³/mol. The summed E-state index contributed by atoms with van der Waals surface area (Å²) >= 11 is 3.43. The second-order valence-electron chi connectivity index (χ2n) is 5.21. The summed E-state index contributed by atoms with van der Waals surface area (Å²) in [5.41, 5.74) is 8.51. The third-order valence-electron chi connectivity index (χ3n) is 3.25. The molecule has 2 rings (SSSR count). The second kappa shape index (κ2) is 9.53. The van der Waals surface area contributed by atoms with Gasteiger partial charge in [0.15, 0.2) is 11.5 Å². The van der Waals surface area contributed by atoms with Crippen molar-refractivity contribution in [1.29, 1.82) is 0 Å². The van der Waals surface area contributed by atoms with Crippen LogP contribution in [0.1, 0.15) is 18.1 Å². The quantitative estimate of drug-likeness (QED) is 0.372. The maximum absolute atomic E-state index is 10.7. The Morgan fingerprint density at radius 2 is 2.04 bits per heavy atom. The second-order valence-corrected chi connectivity index (χ2v) is 6.06. The molecule has 27 heavy (non-hydrogen) atoms. The smallest absolute Gasteiger partial charge is 0.332 e. The maximum Gasteiger partial charge on any atom is 0.332 e. The molecule has 2 amide bonds. The molecular formula is C17H17BrN4O5. The van der Waals surface area contributed by atoms with Crippen LogP contribution in [0.5, 0.6) is 11.5 Å². The molecule has 0 unspecified atom stereocenters. The first kappa shape index (κ1) is 20.2. The van der Waals surface area contributed by atoms with Gasteiger partial charge in [0.25, 0.3) is 5.69 Å². The molecule has 0 atom stereocenters. The van der Waals surface area contributed by atoms with E-state index >= 15 is 0 Å². The van der Waals surface area contributed by atoms with Gasteiger partial charge in [-0.1, -0.05) is 0 Å². The number of hydrazone groups is 1. The van der Waals surface area contributed by atoms with Crippen LogP contribution in [0.25, 0.3) is 0 Å². The Hall–Kier alpha value is -3.14. The van der Waals surface area contributed by atoms with Crippen molar-refractivity contribution in [2.75, 3.05) is 6.61 Å². The van der Waals surface area contributed by atoms with Crippen molar-refractivity contribution in [3.8, 4) is 11.5 Å². The van der Waals surface area contributed by atoms with Gasteiger partial charge in [-0.05, 0) is 58.2 Å². The van der Waals surface area contributed by atoms with Crippen molar-refractivity contribution < 1.29 is 19.2 Å². The Morgan fingerprint density at radius 3 is 2.63 bits per heavy atom. The molecule has 0 fully saturated rings. The van der Waals surface area contributed by atoms with Crippen molar-refractivity contribution in [2.45, 2.75) is 13.5 Å². The number of nitro benzene ring substituents is 1. The van der Waals surface area contributed by atoms with Crippen molar-refractivity contribution in [3.63, 3.8) is 0 Å². The monoisotopic (exact) mass is 436 g/mol. The highest BCUT2D eigenvalue weighted by atomic mass is 79.9. The number of nitro groups is 1. The molecule has 0 aliphatic heterocycles. The summed E-state index contributed by atoms with van der Waals surface area (Å²) in [5, 5.41) is 14.4. The number of hydrogen-bond donors (Lipinski definition) is 2. The van der Waals surface area contributed by atoms with Crippen molar-refractivity contribution in [3.05, 3.63) is 62.1 Å². The Labute approximate surface area is 163 Å². The molecule has 0 aliphatic carbocycles. The first-order chi connectivity index (χ1) is 12.9. The number of nitrogens with zero attached hydrogens (tertiary/aromatic N) is 2. The van der Waals surface area contributed by atoms with Crippen LogP contribution in [0.3, 0.4) is 0 Å². The topological polar surface area (TPSA) is 129 Å². The minimum atomic E-state index is -0.765. The molecule has 0 spiro atoms. The molecule has 0 bridgehead atoms. The highest BCUT2D eigenvalue weighted by molar-refractivity contribution is 9.10. The highest BCUT2D eigenvalue weighted by Gasteiger charge is 2.13. The normalized spacial score (nSPS) is 10.6. The number of non-ortho nitro benzene ring substituents is 1. The molecule has 2 aromatic rings. The zero-order valence-corrected chi connectivity index (χ0v) is 15.9. The van der Waals surface area contributed by atoms with E-state index in [-0.39, 0.29) is 12.3 Å². The number of carbonyl (C=O) groups excluding carboxylic acids is 1. The van der Waals surface area contributed by atoms with Gasteiger partial charge in [0.1, 0.15) is 6.61 Å². The number of hydrogen-bond acceptors (Lipinski definition) is 6. The number of nitrogens with two attached hydrogens (primary N) is 1. The summed E-state index contributed by atoms with van der Waals surface area (Å²) in [5.74, 6) is 0.963. The standard InChI is InChI=1S/C17H17BrN4O5/c1-2-26-15-8-12(9-20-21-17(19)23)7-14(18)16(15)27-10-11-3-5-13(6-4-11)22(24)25/h3-9H,2,10H2,1H3,(H3,19,21,23)/b20-9-. The molecule has 0 saturated carbocycles. The van der Waals surface area contributed by atoms with Crippen LogP contribution >= 0.6 is 15.9 Å². The van der Waals surface area contributed by atoms with Crippen molar-refractivity contribution in [2.24, 2.45) is 10.8 Å². The number of rotatable bonds is 8. The fourth-order valence-electron chi connectivity index (χ4n) is 2.11. The van der Waals surface area contributed by atoms with Crippen LogP contribution in [-0.4, -0.2) is 23.8 Å². The third kappa shape index (κ3) is 5.96. The average molecular weight is 437 g/mol. The van der Waals surface area contributed by atoms with Crippen LogP contribution in [0.2, 0.25) is 0 Å². The largest absolute Gasteiger partial charge is 0.490 e. The number of primary amides is 1. The number of benzene rings is 2. The summed E-state index contributed by atoms with van der Waals surface area (Å²) in [6.45, 7) is 2.46. The first-order valence-electron chi connectivity index (χ1n) is 7.81. The average Bonchev–Trinajstić information content (AvgIpc) is 2.61. The molecule has 3 N–H and O–H groups in total. The Bertz CT molecular complexity index is 855. The van der Waals surface area contributed by atoms with E-state index in [4.69, 9.17) is 15.2 Å². The minimum absolute atomic E-state index is 0.0168. The summed E-state index contributed by atoms with van der Waals surface area (Å²) in [6.07, 6.45) is 1.41. The SMILES string of the molecule is CCOc1cc(/C=N\NC(N)=O)cc(Br)c1OCc1ccc([N+](=O)[O-])cc1. The van der Waals surface area contributed by atoms with E-state index in [2.05, 4.69) is 26.5 Å². The van der Waals surface area contributed by atoms with Crippen LogP contribution in [0, 0.1) is 10.1 Å². The van der Waals surface area contributed by atoms with E-state index in [1.54, 1.807) is 24.3 Å². The van der Waals surface area contributed by atoms with E-state index in [0.29, 0.717) is 28.1 Å². The lowest BCUT2D eigenvalue weighted by molar-refractivity contribution is -0.384. The lowest BCUT2D eigenvalue weighted by Crippen LogP contribution is -2.24. The van der Waals surface area contributed by atoms with E-state index in [9.17, 15) is 14.9 Å². The van der Waals surface area contributed by atoms with Crippen molar-refractivity contribution >= 4 is 33.9 Å². The number of urea groups is 1. The maximum atomic E-state index is 10.7. The Kier molecular flexibility index (Phi) is 7.12. The van der Waals surface area contributed by atoms with Gasteiger partial charge >= 0.3 is 6.03 Å². The minimum Gasteiger partial charge on any atom is -0.490 e. The predicted octanol–water partition coefficient (Wildman–Crippen LogP) is 3.34. The van der Waals surface area contributed by atoms with Gasteiger partial charge in [0.2, 0.25) is 0 Å². The molecule has 0 heterocycles. The number of nitrogens with one attached hydrogen (secondary N) is 1. The molecule has 142 valence electrons. The molecule has 10 heteroatoms. The molecular weight excluding hydrogens is 420 g/mol. The first-order valence-corrected chi connectivity index (χ1v) is 8.61. The van der Waals surface area contributed by atoms with Gasteiger partial charge in [0.05, 0.1) is 22.2 Å². The van der Waals surface area contributed by atoms with Gasteiger partial charge < -0.3 is 15.2 Å². The van der Waals surface area contributed by atoms with Crippen LogP contribution in [0.4, 0.5) is 10.5 Å². The van der Waals surface area contributed by atoms with Crippen LogP contribution < -0.4 is 20.6 Å². The van der Waals surface area contributed by atoms with E-state index in [1.807, 2.05) is 6.92 Å². The lowest BCUT2D eigenvalue weighted by Gasteiger charge is -2.14. The molecule has 0 aliphatic rings. The fraction of sp³-hybridized carbons (Fsp3) is 0.176. The van der Waals surface area contributed by atoms with Gasteiger partial charge in [-0.25, -0.2) is 10.2 Å². The number of halogens is 1. The summed E-state index contributed by atoms with van der Waals surface area (Å²) in [7, 11) is 0. The summed E-state index contributed by atoms with van der Waals surface area (Å²) in [4.78, 5) is 20.9. The third-order valence-corrected chi connectivity index (χ3v) is 3.84. The Morgan fingerprint density at radius 1 is 1.33 bits per heavy atom. The van der Waals surface area contributed by atoms with Gasteiger partial charge in [-0.15, -0.1) is 0 Å². The van der Waals surface area contributed by atoms with Gasteiger partial charge in [-0.2, -0.15) is 5.10 Å². The number of ether oxygens (including phenoxy) is 2. The zero-order chi connectivity index (χ0) is 19.8. The van der Waals surface area contributed by atoms with Crippen molar-refractivity contribution in [1.82, 2.24) is 5.43 Å². The summed E-state index contributed by atoms with van der Waals surface area (Å²) in [6, 6.07) is 8.76. The van der Waals surface area contributed by atoms with E-state index in [0.717, 1.165) is 5.56 Å².